The van der Waals surface area contributed by atoms with Crippen LogP contribution >= 0.6 is 0 Å². The highest BCUT2D eigenvalue weighted by Crippen LogP contribution is 2.19. The topological polar surface area (TPSA) is 63.6 Å². The third-order valence-corrected chi connectivity index (χ3v) is 5.28. The molecule has 0 amide bonds. The van der Waals surface area contributed by atoms with Gasteiger partial charge in [-0.3, -0.25) is 0 Å². The van der Waals surface area contributed by atoms with Gasteiger partial charge in [0.15, 0.2) is 0 Å². The fourth-order valence-electron chi connectivity index (χ4n) is 2.20. The molecule has 7 heteroatoms. The predicted molar refractivity (Wildman–Crippen MR) is 83.8 cm³/mol. The molecule has 0 aliphatic carbocycles. The van der Waals surface area contributed by atoms with Gasteiger partial charge in [-0.1, -0.05) is 6.92 Å². The van der Waals surface area contributed by atoms with E-state index in [2.05, 4.69) is 5.32 Å². The molecular formula is C14H27N3O3S. The van der Waals surface area contributed by atoms with Gasteiger partial charge in [-0.2, -0.15) is 4.31 Å². The summed E-state index contributed by atoms with van der Waals surface area (Å²) in [5.41, 5.74) is 0.972. The largest absolute Gasteiger partial charge is 0.380 e. The first kappa shape index (κ1) is 18.2. The molecule has 0 atom stereocenters. The maximum Gasteiger partial charge on any atom is 0.244 e. The molecule has 122 valence electrons. The van der Waals surface area contributed by atoms with Crippen molar-refractivity contribution >= 4 is 10.0 Å². The van der Waals surface area contributed by atoms with E-state index in [1.54, 1.807) is 12.3 Å². The Morgan fingerprint density at radius 2 is 2.05 bits per heavy atom. The molecule has 0 fully saturated rings. The smallest absolute Gasteiger partial charge is 0.244 e. The van der Waals surface area contributed by atoms with E-state index in [4.69, 9.17) is 4.74 Å². The van der Waals surface area contributed by atoms with Gasteiger partial charge in [-0.15, -0.1) is 0 Å². The lowest BCUT2D eigenvalue weighted by Gasteiger charge is -2.19. The SMILES string of the molecule is CCOCCN(CC)S(=O)(=O)c1cc(CNC)n(CC)c1. The van der Waals surface area contributed by atoms with Crippen LogP contribution in [0.2, 0.25) is 0 Å². The third kappa shape index (κ3) is 4.54. The Balaban J connectivity index is 2.99. The molecule has 1 rings (SSSR count). The van der Waals surface area contributed by atoms with Crippen LogP contribution in [0, 0.1) is 0 Å². The lowest BCUT2D eigenvalue weighted by atomic mass is 10.4. The van der Waals surface area contributed by atoms with Crippen molar-refractivity contribution in [2.45, 2.75) is 38.8 Å². The molecule has 0 saturated heterocycles. The Bertz CT molecular complexity index is 526. The first-order valence-electron chi connectivity index (χ1n) is 7.42. The zero-order chi connectivity index (χ0) is 15.9. The van der Waals surface area contributed by atoms with Gasteiger partial charge >= 0.3 is 0 Å². The number of aryl methyl sites for hydroxylation is 1. The zero-order valence-corrected chi connectivity index (χ0v) is 14.2. The molecule has 0 radical (unpaired) electrons. The Morgan fingerprint density at radius 1 is 1.33 bits per heavy atom. The van der Waals surface area contributed by atoms with Crippen LogP contribution in [0.4, 0.5) is 0 Å². The standard InChI is InChI=1S/C14H27N3O3S/c1-5-16-12-14(10-13(16)11-15-4)21(18,19)17(6-2)8-9-20-7-3/h10,12,15H,5-9,11H2,1-4H3. The molecule has 0 aliphatic rings. The first-order chi connectivity index (χ1) is 10.0. The number of hydrogen-bond acceptors (Lipinski definition) is 4. The number of nitrogens with one attached hydrogen (secondary N) is 1. The lowest BCUT2D eigenvalue weighted by molar-refractivity contribution is 0.135. The second kappa shape index (κ2) is 8.53. The van der Waals surface area contributed by atoms with Crippen LogP contribution in [-0.2, 0) is 27.8 Å². The summed E-state index contributed by atoms with van der Waals surface area (Å²) < 4.78 is 34.0. The quantitative estimate of drug-likeness (QED) is 0.660. The Labute approximate surface area is 128 Å². The van der Waals surface area contributed by atoms with E-state index in [1.807, 2.05) is 32.4 Å². The number of sulfonamides is 1. The van der Waals surface area contributed by atoms with Crippen molar-refractivity contribution in [2.75, 3.05) is 33.4 Å². The summed E-state index contributed by atoms with van der Waals surface area (Å²) in [4.78, 5) is 0.355. The average Bonchev–Trinajstić information content (AvgIpc) is 2.87. The van der Waals surface area contributed by atoms with Crippen LogP contribution in [0.1, 0.15) is 26.5 Å². The summed E-state index contributed by atoms with van der Waals surface area (Å²) in [6, 6.07) is 1.75. The maximum absolute atomic E-state index is 12.7. The highest BCUT2D eigenvalue weighted by molar-refractivity contribution is 7.89. The van der Waals surface area contributed by atoms with E-state index in [0.29, 0.717) is 37.7 Å². The minimum absolute atomic E-state index is 0.355. The third-order valence-electron chi connectivity index (χ3n) is 3.34. The molecule has 1 aromatic rings. The monoisotopic (exact) mass is 317 g/mol. The van der Waals surface area contributed by atoms with Gasteiger partial charge in [-0.05, 0) is 27.0 Å². The number of nitrogens with zero attached hydrogens (tertiary/aromatic N) is 2. The summed E-state index contributed by atoms with van der Waals surface area (Å²) >= 11 is 0. The highest BCUT2D eigenvalue weighted by Gasteiger charge is 2.25. The molecule has 0 saturated carbocycles. The Hall–Kier alpha value is -0.890. The first-order valence-corrected chi connectivity index (χ1v) is 8.86. The van der Waals surface area contributed by atoms with Gasteiger partial charge < -0.3 is 14.6 Å². The fraction of sp³-hybridized carbons (Fsp3) is 0.714. The summed E-state index contributed by atoms with van der Waals surface area (Å²) in [7, 11) is -1.61. The van der Waals surface area contributed by atoms with Gasteiger partial charge in [0.1, 0.15) is 4.90 Å². The molecule has 6 nitrogen and oxygen atoms in total. The molecular weight excluding hydrogens is 290 g/mol. The zero-order valence-electron chi connectivity index (χ0n) is 13.4. The number of rotatable bonds is 10. The van der Waals surface area contributed by atoms with Crippen LogP contribution < -0.4 is 5.32 Å². The predicted octanol–water partition coefficient (Wildman–Crippen LogP) is 1.27. The number of hydrogen-bond donors (Lipinski definition) is 1. The van der Waals surface area contributed by atoms with Crippen molar-refractivity contribution in [3.8, 4) is 0 Å². The molecule has 0 spiro atoms. The number of ether oxygens (including phenoxy) is 1. The normalized spacial score (nSPS) is 12.2. The van der Waals surface area contributed by atoms with E-state index in [1.165, 1.54) is 4.31 Å². The van der Waals surface area contributed by atoms with Gasteiger partial charge in [0.2, 0.25) is 10.0 Å². The summed E-state index contributed by atoms with van der Waals surface area (Å²) in [6.07, 6.45) is 1.71. The fourth-order valence-corrected chi connectivity index (χ4v) is 3.70. The lowest BCUT2D eigenvalue weighted by Crippen LogP contribution is -2.33. The van der Waals surface area contributed by atoms with Gasteiger partial charge in [0.25, 0.3) is 0 Å². The molecule has 0 aliphatic heterocycles. The van der Waals surface area contributed by atoms with E-state index in [0.717, 1.165) is 12.2 Å². The van der Waals surface area contributed by atoms with Crippen LogP contribution in [-0.4, -0.2) is 50.6 Å². The van der Waals surface area contributed by atoms with E-state index < -0.39 is 10.0 Å². The van der Waals surface area contributed by atoms with Crippen molar-refractivity contribution in [3.63, 3.8) is 0 Å². The van der Waals surface area contributed by atoms with Crippen molar-refractivity contribution in [2.24, 2.45) is 0 Å². The van der Waals surface area contributed by atoms with E-state index in [9.17, 15) is 8.42 Å². The molecule has 1 heterocycles. The van der Waals surface area contributed by atoms with Crippen molar-refractivity contribution in [3.05, 3.63) is 18.0 Å². The van der Waals surface area contributed by atoms with Gasteiger partial charge in [0.05, 0.1) is 6.61 Å². The summed E-state index contributed by atoms with van der Waals surface area (Å²) in [5, 5.41) is 3.06. The van der Waals surface area contributed by atoms with Gasteiger partial charge in [-0.25, -0.2) is 8.42 Å². The van der Waals surface area contributed by atoms with Crippen LogP contribution in [0.3, 0.4) is 0 Å². The number of likely N-dealkylation sites (N-methyl/N-ethyl adjacent to an activating group) is 1. The Kier molecular flexibility index (Phi) is 7.37. The average molecular weight is 317 g/mol. The molecule has 21 heavy (non-hydrogen) atoms. The van der Waals surface area contributed by atoms with Gasteiger partial charge in [0, 0.05) is 44.7 Å². The second-order valence-electron chi connectivity index (χ2n) is 4.68. The molecule has 0 unspecified atom stereocenters. The highest BCUT2D eigenvalue weighted by atomic mass is 32.2. The molecule has 1 aromatic heterocycles. The van der Waals surface area contributed by atoms with Crippen molar-refractivity contribution in [1.82, 2.24) is 14.2 Å². The minimum Gasteiger partial charge on any atom is -0.380 e. The summed E-state index contributed by atoms with van der Waals surface area (Å²) in [6.45, 7) is 8.97. The second-order valence-corrected chi connectivity index (χ2v) is 6.62. The van der Waals surface area contributed by atoms with E-state index in [-0.39, 0.29) is 0 Å². The van der Waals surface area contributed by atoms with Crippen LogP contribution in [0.15, 0.2) is 17.2 Å². The molecule has 0 bridgehead atoms. The van der Waals surface area contributed by atoms with Crippen molar-refractivity contribution < 1.29 is 13.2 Å². The van der Waals surface area contributed by atoms with E-state index >= 15 is 0 Å². The maximum atomic E-state index is 12.7. The molecule has 0 aromatic carbocycles. The summed E-state index contributed by atoms with van der Waals surface area (Å²) in [5.74, 6) is 0. The Morgan fingerprint density at radius 3 is 2.57 bits per heavy atom. The number of aromatic nitrogens is 1. The minimum atomic E-state index is -3.46. The molecule has 1 N–H and O–H groups in total. The van der Waals surface area contributed by atoms with Crippen LogP contribution in [0.5, 0.6) is 0 Å². The van der Waals surface area contributed by atoms with Crippen molar-refractivity contribution in [1.29, 1.82) is 0 Å². The van der Waals surface area contributed by atoms with Crippen LogP contribution in [0.25, 0.3) is 0 Å².